The maximum absolute atomic E-state index is 10.7. The summed E-state index contributed by atoms with van der Waals surface area (Å²) in [6, 6.07) is 19.0. The Kier molecular flexibility index (Phi) is 8.49. The van der Waals surface area contributed by atoms with E-state index in [1.54, 1.807) is 0 Å². The highest BCUT2D eigenvalue weighted by Gasteiger charge is 2.25. The number of piperidine rings is 1. The van der Waals surface area contributed by atoms with Gasteiger partial charge >= 0.3 is 0 Å². The summed E-state index contributed by atoms with van der Waals surface area (Å²) in [7, 11) is 0. The average Bonchev–Trinajstić information content (AvgIpc) is 2.91. The van der Waals surface area contributed by atoms with Crippen molar-refractivity contribution in [1.82, 2.24) is 19.8 Å². The van der Waals surface area contributed by atoms with Crippen LogP contribution in [0.1, 0.15) is 41.6 Å². The number of hydrogen-bond acceptors (Lipinski definition) is 6. The molecule has 0 saturated carbocycles. The third-order valence-corrected chi connectivity index (χ3v) is 7.75. The van der Waals surface area contributed by atoms with Gasteiger partial charge in [-0.3, -0.25) is 4.90 Å². The number of aromatic nitrogens is 2. The van der Waals surface area contributed by atoms with E-state index < -0.39 is 0 Å². The van der Waals surface area contributed by atoms with Crippen LogP contribution in [-0.4, -0.2) is 83.3 Å². The second kappa shape index (κ2) is 12.2. The minimum atomic E-state index is -0.285. The molecule has 37 heavy (non-hydrogen) atoms. The molecule has 2 aliphatic rings. The van der Waals surface area contributed by atoms with E-state index in [0.29, 0.717) is 0 Å². The van der Waals surface area contributed by atoms with Crippen LogP contribution in [0.3, 0.4) is 0 Å². The van der Waals surface area contributed by atoms with Crippen LogP contribution in [0.5, 0.6) is 0 Å². The molecule has 2 aliphatic heterocycles. The number of aliphatic hydroxyl groups is 1. The molecule has 0 amide bonds. The molecule has 6 heteroatoms. The van der Waals surface area contributed by atoms with E-state index in [4.69, 9.17) is 9.97 Å². The largest absolute Gasteiger partial charge is 0.390 e. The first-order valence-corrected chi connectivity index (χ1v) is 13.9. The quantitative estimate of drug-likeness (QED) is 0.498. The van der Waals surface area contributed by atoms with Crippen molar-refractivity contribution in [2.45, 2.75) is 45.6 Å². The Morgan fingerprint density at radius 2 is 1.49 bits per heavy atom. The van der Waals surface area contributed by atoms with Crippen molar-refractivity contribution in [1.29, 1.82) is 0 Å². The van der Waals surface area contributed by atoms with E-state index >= 15 is 0 Å². The molecular formula is C31H41N5O. The van der Waals surface area contributed by atoms with Crippen LogP contribution in [0.4, 0.5) is 5.82 Å². The van der Waals surface area contributed by atoms with Gasteiger partial charge in [0.25, 0.3) is 0 Å². The lowest BCUT2D eigenvalue weighted by Crippen LogP contribution is -2.50. The van der Waals surface area contributed by atoms with E-state index in [1.807, 2.05) is 18.2 Å². The van der Waals surface area contributed by atoms with Gasteiger partial charge in [-0.2, -0.15) is 0 Å². The molecule has 3 aromatic rings. The summed E-state index contributed by atoms with van der Waals surface area (Å²) < 4.78 is 0. The third kappa shape index (κ3) is 6.75. The van der Waals surface area contributed by atoms with Gasteiger partial charge in [0.15, 0.2) is 5.82 Å². The topological polar surface area (TPSA) is 55.7 Å². The Balaban J connectivity index is 1.32. The zero-order valence-electron chi connectivity index (χ0n) is 22.4. The van der Waals surface area contributed by atoms with Gasteiger partial charge in [0.05, 0.1) is 6.10 Å². The molecule has 2 fully saturated rings. The summed E-state index contributed by atoms with van der Waals surface area (Å²) in [5, 5.41) is 10.7. The number of nitrogens with zero attached hydrogens (tertiary/aromatic N) is 5. The predicted octanol–water partition coefficient (Wildman–Crippen LogP) is 4.32. The number of benzene rings is 2. The van der Waals surface area contributed by atoms with E-state index in [2.05, 4.69) is 64.9 Å². The van der Waals surface area contributed by atoms with Gasteiger partial charge in [-0.25, -0.2) is 9.97 Å². The van der Waals surface area contributed by atoms with E-state index in [0.717, 1.165) is 81.7 Å². The van der Waals surface area contributed by atoms with Crippen LogP contribution in [-0.2, 0) is 6.42 Å². The standard InChI is InChI=1S/C31H41N5O/c1-24-10-9-11-26(20-24)21-29-25(2)32-30(27-12-5-3-6-13-27)33-31(29)36-18-16-35(17-19-36)23-28(37)22-34-14-7-4-8-15-34/h3,5-6,9-13,20,28,37H,4,7-8,14-19,21-23H2,1-2H3/t28-/m1/s1. The molecule has 5 rings (SSSR count). The Bertz CT molecular complexity index is 1150. The van der Waals surface area contributed by atoms with Crippen LogP contribution in [0, 0.1) is 13.8 Å². The first-order valence-electron chi connectivity index (χ1n) is 13.9. The van der Waals surface area contributed by atoms with Gasteiger partial charge in [0.1, 0.15) is 5.82 Å². The fourth-order valence-electron chi connectivity index (χ4n) is 5.73. The molecule has 0 aliphatic carbocycles. The molecule has 1 atom stereocenters. The third-order valence-electron chi connectivity index (χ3n) is 7.75. The normalized spacial score (nSPS) is 18.2. The molecule has 3 heterocycles. The van der Waals surface area contributed by atoms with E-state index in [1.165, 1.54) is 36.0 Å². The van der Waals surface area contributed by atoms with Crippen molar-refractivity contribution < 1.29 is 5.11 Å². The highest BCUT2D eigenvalue weighted by molar-refractivity contribution is 5.61. The van der Waals surface area contributed by atoms with E-state index in [9.17, 15) is 5.11 Å². The minimum Gasteiger partial charge on any atom is -0.390 e. The lowest BCUT2D eigenvalue weighted by molar-refractivity contribution is 0.0651. The maximum Gasteiger partial charge on any atom is 0.161 e. The predicted molar refractivity (Wildman–Crippen MR) is 151 cm³/mol. The Morgan fingerprint density at radius 1 is 0.784 bits per heavy atom. The van der Waals surface area contributed by atoms with Crippen molar-refractivity contribution in [2.75, 3.05) is 57.3 Å². The molecular weight excluding hydrogens is 458 g/mol. The second-order valence-corrected chi connectivity index (χ2v) is 10.8. The van der Waals surface area contributed by atoms with Crippen LogP contribution < -0.4 is 4.90 Å². The summed E-state index contributed by atoms with van der Waals surface area (Å²) in [5.74, 6) is 1.85. The molecule has 2 saturated heterocycles. The van der Waals surface area contributed by atoms with Crippen molar-refractivity contribution in [3.8, 4) is 11.4 Å². The zero-order chi connectivity index (χ0) is 25.6. The summed E-state index contributed by atoms with van der Waals surface area (Å²) >= 11 is 0. The molecule has 196 valence electrons. The number of anilines is 1. The smallest absolute Gasteiger partial charge is 0.161 e. The van der Waals surface area contributed by atoms with Crippen LogP contribution in [0.25, 0.3) is 11.4 Å². The summed E-state index contributed by atoms with van der Waals surface area (Å²) in [5.41, 5.74) is 5.87. The van der Waals surface area contributed by atoms with Crippen molar-refractivity contribution >= 4 is 5.82 Å². The van der Waals surface area contributed by atoms with Crippen LogP contribution in [0.2, 0.25) is 0 Å². The van der Waals surface area contributed by atoms with Crippen LogP contribution in [0.15, 0.2) is 54.6 Å². The fourth-order valence-corrected chi connectivity index (χ4v) is 5.73. The maximum atomic E-state index is 10.7. The van der Waals surface area contributed by atoms with Gasteiger partial charge in [-0.1, -0.05) is 66.6 Å². The molecule has 2 aromatic carbocycles. The minimum absolute atomic E-state index is 0.285. The molecule has 0 unspecified atom stereocenters. The Hall–Kier alpha value is -2.80. The number of likely N-dealkylation sites (tertiary alicyclic amines) is 1. The monoisotopic (exact) mass is 499 g/mol. The molecule has 1 aromatic heterocycles. The number of piperazine rings is 1. The molecule has 0 spiro atoms. The first-order chi connectivity index (χ1) is 18.0. The SMILES string of the molecule is Cc1cccc(Cc2c(C)nc(-c3ccccc3)nc2N2CCN(C[C@H](O)CN3CCCCC3)CC2)c1. The highest BCUT2D eigenvalue weighted by atomic mass is 16.3. The molecule has 0 bridgehead atoms. The van der Waals surface area contributed by atoms with Gasteiger partial charge in [-0.05, 0) is 45.3 Å². The summed E-state index contributed by atoms with van der Waals surface area (Å²) in [6.07, 6.45) is 4.40. The molecule has 0 radical (unpaired) electrons. The Labute approximate surface area is 222 Å². The summed E-state index contributed by atoms with van der Waals surface area (Å²) in [4.78, 5) is 17.4. The fraction of sp³-hybridized carbons (Fsp3) is 0.484. The number of aryl methyl sites for hydroxylation is 2. The van der Waals surface area contributed by atoms with E-state index in [-0.39, 0.29) is 6.10 Å². The molecule has 1 N–H and O–H groups in total. The summed E-state index contributed by atoms with van der Waals surface area (Å²) in [6.45, 7) is 11.8. The van der Waals surface area contributed by atoms with Crippen LogP contribution >= 0.6 is 0 Å². The van der Waals surface area contributed by atoms with Gasteiger partial charge in [0, 0.05) is 62.5 Å². The van der Waals surface area contributed by atoms with Crippen molar-refractivity contribution in [3.63, 3.8) is 0 Å². The van der Waals surface area contributed by atoms with Gasteiger partial charge < -0.3 is 14.9 Å². The number of β-amino-alcohol motifs (C(OH)–C–C–N with tert-alkyl or cyclic N) is 1. The second-order valence-electron chi connectivity index (χ2n) is 10.8. The zero-order valence-corrected chi connectivity index (χ0v) is 22.4. The first kappa shape index (κ1) is 25.8. The highest BCUT2D eigenvalue weighted by Crippen LogP contribution is 2.28. The number of aliphatic hydroxyl groups excluding tert-OH is 1. The number of hydrogen-bond donors (Lipinski definition) is 1. The van der Waals surface area contributed by atoms with Crippen molar-refractivity contribution in [2.24, 2.45) is 0 Å². The van der Waals surface area contributed by atoms with Gasteiger partial charge in [-0.15, -0.1) is 0 Å². The lowest BCUT2D eigenvalue weighted by Gasteiger charge is -2.38. The van der Waals surface area contributed by atoms with Gasteiger partial charge in [0.2, 0.25) is 0 Å². The number of rotatable bonds is 8. The lowest BCUT2D eigenvalue weighted by atomic mass is 10.0. The average molecular weight is 500 g/mol. The molecule has 6 nitrogen and oxygen atoms in total. The Morgan fingerprint density at radius 3 is 2.19 bits per heavy atom. The van der Waals surface area contributed by atoms with Crippen molar-refractivity contribution in [3.05, 3.63) is 77.0 Å².